The summed E-state index contributed by atoms with van der Waals surface area (Å²) in [6.45, 7) is 0.329. The Morgan fingerprint density at radius 2 is 1.62 bits per heavy atom. The topological polar surface area (TPSA) is 93.2 Å². The number of ether oxygens (including phenoxy) is 2. The summed E-state index contributed by atoms with van der Waals surface area (Å²) in [5.41, 5.74) is 0.784. The number of sulfonamides is 1. The van der Waals surface area contributed by atoms with E-state index in [1.807, 2.05) is 0 Å². The Morgan fingerprint density at radius 3 is 2.22 bits per heavy atom. The highest BCUT2D eigenvalue weighted by Crippen LogP contribution is 2.20. The molecule has 10 heteroatoms. The van der Waals surface area contributed by atoms with Crippen LogP contribution in [0.5, 0.6) is 5.75 Å². The van der Waals surface area contributed by atoms with E-state index in [9.17, 15) is 18.0 Å². The highest BCUT2D eigenvalue weighted by atomic mass is 35.5. The smallest absolute Gasteiger partial charge is 0.331 e. The second-order valence-electron chi connectivity index (χ2n) is 6.95. The third-order valence-corrected chi connectivity index (χ3v) is 7.07. The molecule has 0 atom stereocenters. The minimum atomic E-state index is -3.66. The van der Waals surface area contributed by atoms with Crippen molar-refractivity contribution in [1.29, 1.82) is 0 Å². The number of carbonyl (C=O) groups excluding carboxylic acids is 2. The first-order chi connectivity index (χ1) is 15.3. The van der Waals surface area contributed by atoms with Crippen molar-refractivity contribution in [2.45, 2.75) is 4.90 Å². The number of amides is 1. The molecule has 2 aromatic rings. The summed E-state index contributed by atoms with van der Waals surface area (Å²) >= 11 is 5.82. The fourth-order valence-corrected chi connectivity index (χ4v) is 4.63. The van der Waals surface area contributed by atoms with Gasteiger partial charge in [0.25, 0.3) is 5.91 Å². The number of hydrogen-bond acceptors (Lipinski definition) is 6. The van der Waals surface area contributed by atoms with Crippen LogP contribution < -0.4 is 4.74 Å². The fraction of sp³-hybridized carbons (Fsp3) is 0.273. The molecule has 1 saturated heterocycles. The van der Waals surface area contributed by atoms with Crippen LogP contribution in [0.3, 0.4) is 0 Å². The number of esters is 1. The molecule has 8 nitrogen and oxygen atoms in total. The van der Waals surface area contributed by atoms with Gasteiger partial charge < -0.3 is 14.4 Å². The molecule has 1 amide bonds. The van der Waals surface area contributed by atoms with Gasteiger partial charge in [-0.15, -0.1) is 0 Å². The van der Waals surface area contributed by atoms with E-state index in [4.69, 9.17) is 21.1 Å². The Hall–Kier alpha value is -2.88. The van der Waals surface area contributed by atoms with Crippen LogP contribution in [-0.4, -0.2) is 69.4 Å². The number of benzene rings is 2. The molecule has 0 saturated carbocycles. The van der Waals surface area contributed by atoms with Gasteiger partial charge in [-0.1, -0.05) is 23.7 Å². The van der Waals surface area contributed by atoms with Gasteiger partial charge in [-0.25, -0.2) is 13.2 Å². The van der Waals surface area contributed by atoms with E-state index < -0.39 is 22.6 Å². The summed E-state index contributed by atoms with van der Waals surface area (Å²) in [6, 6.07) is 13.0. The average molecular weight is 479 g/mol. The van der Waals surface area contributed by atoms with Crippen LogP contribution in [0.1, 0.15) is 5.56 Å². The Kier molecular flexibility index (Phi) is 7.89. The maximum absolute atomic E-state index is 12.7. The summed E-state index contributed by atoms with van der Waals surface area (Å²) in [4.78, 5) is 25.9. The van der Waals surface area contributed by atoms with E-state index in [0.717, 1.165) is 5.56 Å². The molecule has 0 aromatic heterocycles. The minimum absolute atomic E-state index is 0.152. The third-order valence-electron chi connectivity index (χ3n) is 4.91. The number of piperazine rings is 1. The molecule has 1 aliphatic heterocycles. The molecule has 170 valence electrons. The Morgan fingerprint density at radius 1 is 1.00 bits per heavy atom. The Labute approximate surface area is 192 Å². The van der Waals surface area contributed by atoms with E-state index >= 15 is 0 Å². The maximum Gasteiger partial charge on any atom is 0.331 e. The summed E-state index contributed by atoms with van der Waals surface area (Å²) in [5.74, 6) is -0.311. The molecule has 0 radical (unpaired) electrons. The molecule has 0 aliphatic carbocycles. The lowest BCUT2D eigenvalue weighted by atomic mass is 10.2. The zero-order valence-corrected chi connectivity index (χ0v) is 19.0. The molecule has 1 heterocycles. The summed E-state index contributed by atoms with van der Waals surface area (Å²) in [6.07, 6.45) is 2.82. The molecular formula is C22H23ClN2O6S. The lowest BCUT2D eigenvalue weighted by molar-refractivity contribution is -0.148. The SMILES string of the molecule is COc1ccc(/C=C/C(=O)OCC(=O)N2CCN(S(=O)(=O)c3ccc(Cl)cc3)CC2)cc1. The van der Waals surface area contributed by atoms with Crippen LogP contribution in [0.25, 0.3) is 6.08 Å². The normalized spacial score (nSPS) is 15.0. The van der Waals surface area contributed by atoms with Crippen molar-refractivity contribution in [3.8, 4) is 5.75 Å². The highest BCUT2D eigenvalue weighted by Gasteiger charge is 2.30. The van der Waals surface area contributed by atoms with Crippen LogP contribution in [-0.2, 0) is 24.3 Å². The van der Waals surface area contributed by atoms with Gasteiger partial charge in [0, 0.05) is 37.3 Å². The van der Waals surface area contributed by atoms with Crippen LogP contribution in [0.4, 0.5) is 0 Å². The standard InChI is InChI=1S/C22H23ClN2O6S/c1-30-19-7-2-17(3-8-19)4-11-22(27)31-16-21(26)24-12-14-25(15-13-24)32(28,29)20-9-5-18(23)6-10-20/h2-11H,12-16H2,1H3/b11-4+. The van der Waals surface area contributed by atoms with Gasteiger partial charge in [0.2, 0.25) is 10.0 Å². The molecule has 0 N–H and O–H groups in total. The summed E-state index contributed by atoms with van der Waals surface area (Å²) < 4.78 is 36.8. The van der Waals surface area contributed by atoms with Crippen LogP contribution in [0.2, 0.25) is 5.02 Å². The molecule has 0 bridgehead atoms. The molecule has 3 rings (SSSR count). The molecule has 2 aromatic carbocycles. The number of carbonyl (C=O) groups is 2. The molecule has 32 heavy (non-hydrogen) atoms. The molecule has 1 aliphatic rings. The molecule has 0 spiro atoms. The second kappa shape index (κ2) is 10.6. The molecular weight excluding hydrogens is 456 g/mol. The van der Waals surface area contributed by atoms with Crippen molar-refractivity contribution >= 4 is 39.6 Å². The number of halogens is 1. The molecule has 0 unspecified atom stereocenters. The van der Waals surface area contributed by atoms with Gasteiger partial charge in [0.1, 0.15) is 5.75 Å². The van der Waals surface area contributed by atoms with E-state index in [1.54, 1.807) is 37.5 Å². The first-order valence-electron chi connectivity index (χ1n) is 9.82. The Balaban J connectivity index is 1.46. The van der Waals surface area contributed by atoms with Crippen molar-refractivity contribution in [1.82, 2.24) is 9.21 Å². The van der Waals surface area contributed by atoms with Crippen molar-refractivity contribution in [3.05, 3.63) is 65.2 Å². The monoisotopic (exact) mass is 478 g/mol. The van der Waals surface area contributed by atoms with Crippen molar-refractivity contribution in [2.75, 3.05) is 39.9 Å². The molecule has 1 fully saturated rings. The van der Waals surface area contributed by atoms with E-state index in [0.29, 0.717) is 10.8 Å². The summed E-state index contributed by atoms with van der Waals surface area (Å²) in [5, 5.41) is 0.452. The van der Waals surface area contributed by atoms with Crippen molar-refractivity contribution in [2.24, 2.45) is 0 Å². The number of rotatable bonds is 7. The zero-order chi connectivity index (χ0) is 23.1. The van der Waals surface area contributed by atoms with Gasteiger partial charge in [-0.3, -0.25) is 4.79 Å². The van der Waals surface area contributed by atoms with Gasteiger partial charge in [-0.2, -0.15) is 4.31 Å². The predicted octanol–water partition coefficient (Wildman–Crippen LogP) is 2.44. The number of hydrogen-bond donors (Lipinski definition) is 0. The van der Waals surface area contributed by atoms with E-state index in [1.165, 1.54) is 39.5 Å². The predicted molar refractivity (Wildman–Crippen MR) is 120 cm³/mol. The largest absolute Gasteiger partial charge is 0.497 e. The van der Waals surface area contributed by atoms with Gasteiger partial charge >= 0.3 is 5.97 Å². The average Bonchev–Trinajstić information content (AvgIpc) is 2.82. The van der Waals surface area contributed by atoms with Crippen LogP contribution in [0.15, 0.2) is 59.5 Å². The van der Waals surface area contributed by atoms with Gasteiger partial charge in [-0.05, 0) is 48.0 Å². The first kappa shape index (κ1) is 23.8. The fourth-order valence-electron chi connectivity index (χ4n) is 3.09. The number of nitrogens with zero attached hydrogens (tertiary/aromatic N) is 2. The van der Waals surface area contributed by atoms with Gasteiger partial charge in [0.15, 0.2) is 6.61 Å². The first-order valence-corrected chi connectivity index (χ1v) is 11.6. The quantitative estimate of drug-likeness (QED) is 0.448. The number of methoxy groups -OCH3 is 1. The van der Waals surface area contributed by atoms with Crippen LogP contribution in [0, 0.1) is 0 Å². The zero-order valence-electron chi connectivity index (χ0n) is 17.4. The van der Waals surface area contributed by atoms with E-state index in [2.05, 4.69) is 0 Å². The highest BCUT2D eigenvalue weighted by molar-refractivity contribution is 7.89. The van der Waals surface area contributed by atoms with Crippen molar-refractivity contribution in [3.63, 3.8) is 0 Å². The minimum Gasteiger partial charge on any atom is -0.497 e. The van der Waals surface area contributed by atoms with Crippen LogP contribution >= 0.6 is 11.6 Å². The van der Waals surface area contributed by atoms with Crippen molar-refractivity contribution < 1.29 is 27.5 Å². The third kappa shape index (κ3) is 6.09. The maximum atomic E-state index is 12.7. The summed E-state index contributed by atoms with van der Waals surface area (Å²) in [7, 11) is -2.09. The lowest BCUT2D eigenvalue weighted by Crippen LogP contribution is -2.51. The van der Waals surface area contributed by atoms with Gasteiger partial charge in [0.05, 0.1) is 12.0 Å². The lowest BCUT2D eigenvalue weighted by Gasteiger charge is -2.33. The second-order valence-corrected chi connectivity index (χ2v) is 9.33. The van der Waals surface area contributed by atoms with E-state index in [-0.39, 0.29) is 37.0 Å². The Bertz CT molecular complexity index is 1080.